The van der Waals surface area contributed by atoms with Crippen LogP contribution in [0.15, 0.2) is 73.1 Å². The van der Waals surface area contributed by atoms with Crippen LogP contribution in [0.1, 0.15) is 17.3 Å². The third-order valence-corrected chi connectivity index (χ3v) is 4.57. The van der Waals surface area contributed by atoms with Gasteiger partial charge in [0.1, 0.15) is 12.1 Å². The molecular weight excluding hydrogens is 412 g/mol. The average Bonchev–Trinajstić information content (AvgIpc) is 2.79. The van der Waals surface area contributed by atoms with E-state index in [-0.39, 0.29) is 18.3 Å². The minimum absolute atomic E-state index is 0.0373. The van der Waals surface area contributed by atoms with Gasteiger partial charge in [-0.3, -0.25) is 10.1 Å². The zero-order valence-corrected chi connectivity index (χ0v) is 17.0. The summed E-state index contributed by atoms with van der Waals surface area (Å²) in [6.45, 7) is 1.99. The molecule has 3 aromatic carbocycles. The van der Waals surface area contributed by atoms with Crippen molar-refractivity contribution in [2.75, 3.05) is 11.9 Å². The first kappa shape index (κ1) is 20.7. The van der Waals surface area contributed by atoms with E-state index in [0.717, 1.165) is 10.8 Å². The number of carbonyl (C=O) groups excluding carboxylic acids is 1. The Labute approximate surface area is 182 Å². The normalized spacial score (nSPS) is 10.5. The van der Waals surface area contributed by atoms with E-state index in [0.29, 0.717) is 17.0 Å². The largest absolute Gasteiger partial charge is 0.462 e. The summed E-state index contributed by atoms with van der Waals surface area (Å²) in [6, 6.07) is 19.4. The van der Waals surface area contributed by atoms with Crippen LogP contribution in [0.2, 0.25) is 0 Å². The number of anilines is 2. The molecule has 4 aromatic rings. The number of nitrogens with one attached hydrogen (secondary N) is 1. The number of fused-ring (bicyclic) bond motifs is 1. The van der Waals surface area contributed by atoms with Crippen LogP contribution >= 0.6 is 0 Å². The Bertz CT molecular complexity index is 1290. The second-order valence-electron chi connectivity index (χ2n) is 6.67. The van der Waals surface area contributed by atoms with Crippen LogP contribution in [-0.4, -0.2) is 27.5 Å². The summed E-state index contributed by atoms with van der Waals surface area (Å²) in [5.41, 5.74) is 0.460. The number of benzene rings is 3. The number of ether oxygens (including phenoxy) is 2. The molecule has 0 spiro atoms. The van der Waals surface area contributed by atoms with Crippen LogP contribution < -0.4 is 10.1 Å². The van der Waals surface area contributed by atoms with Gasteiger partial charge in [0, 0.05) is 5.69 Å². The van der Waals surface area contributed by atoms with E-state index in [1.54, 1.807) is 43.3 Å². The van der Waals surface area contributed by atoms with Gasteiger partial charge in [0.25, 0.3) is 0 Å². The summed E-state index contributed by atoms with van der Waals surface area (Å²) in [5, 5.41) is 16.6. The molecule has 0 atom stereocenters. The Kier molecular flexibility index (Phi) is 5.89. The SMILES string of the molecule is CCOC(=O)c1ccc(Nc2ncnc(Oc3ccc4ccccc4c3)c2[N+](=O)[O-])cc1. The van der Waals surface area contributed by atoms with E-state index in [4.69, 9.17) is 9.47 Å². The van der Waals surface area contributed by atoms with Crippen molar-refractivity contribution >= 4 is 33.9 Å². The van der Waals surface area contributed by atoms with Gasteiger partial charge in [-0.1, -0.05) is 30.3 Å². The lowest BCUT2D eigenvalue weighted by atomic mass is 10.1. The smallest absolute Gasteiger partial charge is 0.373 e. The molecule has 0 bridgehead atoms. The molecule has 9 heteroatoms. The van der Waals surface area contributed by atoms with Crippen molar-refractivity contribution in [2.45, 2.75) is 6.92 Å². The van der Waals surface area contributed by atoms with Crippen molar-refractivity contribution in [1.82, 2.24) is 9.97 Å². The maximum atomic E-state index is 11.8. The first-order valence-corrected chi connectivity index (χ1v) is 9.75. The number of hydrogen-bond donors (Lipinski definition) is 1. The molecule has 0 aliphatic heterocycles. The number of nitro groups is 1. The Morgan fingerprint density at radius 1 is 1.03 bits per heavy atom. The third-order valence-electron chi connectivity index (χ3n) is 4.57. The van der Waals surface area contributed by atoms with Gasteiger partial charge in [0.2, 0.25) is 5.82 Å². The monoisotopic (exact) mass is 430 g/mol. The molecule has 0 aliphatic carbocycles. The molecule has 1 heterocycles. The number of aromatic nitrogens is 2. The Balaban J connectivity index is 1.61. The molecule has 32 heavy (non-hydrogen) atoms. The van der Waals surface area contributed by atoms with Gasteiger partial charge in [0.15, 0.2) is 0 Å². The summed E-state index contributed by atoms with van der Waals surface area (Å²) >= 11 is 0. The minimum atomic E-state index is -0.605. The average molecular weight is 430 g/mol. The fourth-order valence-electron chi connectivity index (χ4n) is 3.08. The molecule has 0 aliphatic rings. The quantitative estimate of drug-likeness (QED) is 0.240. The summed E-state index contributed by atoms with van der Waals surface area (Å²) in [7, 11) is 0. The number of rotatable bonds is 7. The van der Waals surface area contributed by atoms with Gasteiger partial charge in [-0.05, 0) is 54.1 Å². The maximum absolute atomic E-state index is 11.8. The maximum Gasteiger partial charge on any atom is 0.373 e. The molecular formula is C23H18N4O5. The van der Waals surface area contributed by atoms with Crippen molar-refractivity contribution in [3.05, 3.63) is 88.7 Å². The molecule has 0 saturated heterocycles. The summed E-state index contributed by atoms with van der Waals surface area (Å²) < 4.78 is 10.7. The number of esters is 1. The predicted octanol–water partition coefficient (Wildman–Crippen LogP) is 5.25. The number of carbonyl (C=O) groups is 1. The van der Waals surface area contributed by atoms with Gasteiger partial charge >= 0.3 is 17.5 Å². The molecule has 1 aromatic heterocycles. The Morgan fingerprint density at radius 3 is 2.50 bits per heavy atom. The van der Waals surface area contributed by atoms with E-state index in [1.165, 1.54) is 6.33 Å². The fourth-order valence-corrected chi connectivity index (χ4v) is 3.08. The fraction of sp³-hybridized carbons (Fsp3) is 0.0870. The standard InChI is InChI=1S/C23H18N4O5/c1-2-31-23(28)16-7-10-18(11-8-16)26-21-20(27(29)30)22(25-14-24-21)32-19-12-9-15-5-3-4-6-17(15)13-19/h3-14H,2H2,1H3,(H,24,25,26). The van der Waals surface area contributed by atoms with Crippen LogP contribution in [0.4, 0.5) is 17.2 Å². The molecule has 9 nitrogen and oxygen atoms in total. The van der Waals surface area contributed by atoms with E-state index in [9.17, 15) is 14.9 Å². The van der Waals surface area contributed by atoms with Crippen molar-refractivity contribution in [3.8, 4) is 11.6 Å². The van der Waals surface area contributed by atoms with Gasteiger partial charge in [-0.15, -0.1) is 0 Å². The van der Waals surface area contributed by atoms with Gasteiger partial charge in [0.05, 0.1) is 17.1 Å². The zero-order valence-electron chi connectivity index (χ0n) is 17.0. The third kappa shape index (κ3) is 4.46. The topological polar surface area (TPSA) is 116 Å². The van der Waals surface area contributed by atoms with E-state index >= 15 is 0 Å². The second kappa shape index (κ2) is 9.09. The molecule has 0 unspecified atom stereocenters. The van der Waals surface area contributed by atoms with Crippen LogP contribution in [0.3, 0.4) is 0 Å². The van der Waals surface area contributed by atoms with Crippen molar-refractivity contribution in [3.63, 3.8) is 0 Å². The highest BCUT2D eigenvalue weighted by Crippen LogP contribution is 2.36. The summed E-state index contributed by atoms with van der Waals surface area (Å²) in [4.78, 5) is 30.9. The first-order chi connectivity index (χ1) is 15.5. The number of nitrogens with zero attached hydrogens (tertiary/aromatic N) is 3. The predicted molar refractivity (Wildman–Crippen MR) is 118 cm³/mol. The highest BCUT2D eigenvalue weighted by Gasteiger charge is 2.25. The molecule has 160 valence electrons. The summed E-state index contributed by atoms with van der Waals surface area (Å²) in [5.74, 6) is -0.260. The molecule has 0 radical (unpaired) electrons. The second-order valence-corrected chi connectivity index (χ2v) is 6.67. The minimum Gasteiger partial charge on any atom is -0.462 e. The van der Waals surface area contributed by atoms with Crippen LogP contribution in [-0.2, 0) is 4.74 Å². The summed E-state index contributed by atoms with van der Waals surface area (Å²) in [6.07, 6.45) is 1.18. The van der Waals surface area contributed by atoms with Gasteiger partial charge in [-0.25, -0.2) is 9.78 Å². The van der Waals surface area contributed by atoms with Crippen molar-refractivity contribution in [1.29, 1.82) is 0 Å². The zero-order chi connectivity index (χ0) is 22.5. The van der Waals surface area contributed by atoms with Crippen LogP contribution in [0.25, 0.3) is 10.8 Å². The van der Waals surface area contributed by atoms with Crippen LogP contribution in [0.5, 0.6) is 11.6 Å². The highest BCUT2D eigenvalue weighted by atomic mass is 16.6. The van der Waals surface area contributed by atoms with Crippen LogP contribution in [0, 0.1) is 10.1 Å². The van der Waals surface area contributed by atoms with E-state index < -0.39 is 16.6 Å². The Morgan fingerprint density at radius 2 is 1.78 bits per heavy atom. The number of hydrogen-bond acceptors (Lipinski definition) is 8. The van der Waals surface area contributed by atoms with Gasteiger partial charge < -0.3 is 14.8 Å². The van der Waals surface area contributed by atoms with E-state index in [2.05, 4.69) is 15.3 Å². The van der Waals surface area contributed by atoms with Crippen molar-refractivity contribution in [2.24, 2.45) is 0 Å². The van der Waals surface area contributed by atoms with Gasteiger partial charge in [-0.2, -0.15) is 4.98 Å². The van der Waals surface area contributed by atoms with E-state index in [1.807, 2.05) is 30.3 Å². The molecule has 1 N–H and O–H groups in total. The van der Waals surface area contributed by atoms with Crippen molar-refractivity contribution < 1.29 is 19.2 Å². The first-order valence-electron chi connectivity index (χ1n) is 9.75. The molecule has 0 amide bonds. The lowest BCUT2D eigenvalue weighted by Gasteiger charge is -2.10. The Hall–Kier alpha value is -4.53. The molecule has 4 rings (SSSR count). The lowest BCUT2D eigenvalue weighted by molar-refractivity contribution is -0.385. The lowest BCUT2D eigenvalue weighted by Crippen LogP contribution is -2.05. The highest BCUT2D eigenvalue weighted by molar-refractivity contribution is 5.90. The molecule has 0 saturated carbocycles. The molecule has 0 fully saturated rings.